The van der Waals surface area contributed by atoms with Gasteiger partial charge in [-0.25, -0.2) is 13.1 Å². The van der Waals surface area contributed by atoms with Crippen molar-refractivity contribution >= 4 is 38.9 Å². The highest BCUT2D eigenvalue weighted by Gasteiger charge is 2.21. The molecule has 0 aliphatic heterocycles. The van der Waals surface area contributed by atoms with Gasteiger partial charge in [0.1, 0.15) is 0 Å². The topological polar surface area (TPSA) is 89.3 Å². The van der Waals surface area contributed by atoms with Crippen molar-refractivity contribution in [2.45, 2.75) is 11.8 Å². The van der Waals surface area contributed by atoms with Crippen molar-refractivity contribution in [1.29, 1.82) is 0 Å². The van der Waals surface area contributed by atoms with Crippen LogP contribution in [0, 0.1) is 17.0 Å². The molecule has 18 heavy (non-hydrogen) atoms. The summed E-state index contributed by atoms with van der Waals surface area (Å²) >= 11 is 11.2. The van der Waals surface area contributed by atoms with Crippen LogP contribution in [0.25, 0.3) is 0 Å². The summed E-state index contributed by atoms with van der Waals surface area (Å²) in [6.45, 7) is 1.48. The second-order valence-electron chi connectivity index (χ2n) is 3.39. The molecule has 0 saturated carbocycles. The maximum atomic E-state index is 11.8. The first kappa shape index (κ1) is 15.2. The largest absolute Gasteiger partial charge is 0.275 e. The zero-order valence-corrected chi connectivity index (χ0v) is 11.6. The Hall–Kier alpha value is -0.890. The van der Waals surface area contributed by atoms with Gasteiger partial charge >= 0.3 is 0 Å². The van der Waals surface area contributed by atoms with Crippen LogP contribution in [0.2, 0.25) is 5.02 Å². The third-order valence-corrected chi connectivity index (χ3v) is 4.21. The standard InChI is InChI=1S/C9H10Cl2N2O4S/c1-6-8(11)4-7(5-9(6)13(14)15)18(16,17)12-3-2-10/h4-5,12H,2-3H2,1H3. The lowest BCUT2D eigenvalue weighted by atomic mass is 10.2. The van der Waals surface area contributed by atoms with Gasteiger partial charge in [-0.15, -0.1) is 11.6 Å². The highest BCUT2D eigenvalue weighted by atomic mass is 35.5. The fourth-order valence-electron chi connectivity index (χ4n) is 1.24. The first-order valence-corrected chi connectivity index (χ1v) is 7.19. The van der Waals surface area contributed by atoms with Crippen LogP contribution in [0.5, 0.6) is 0 Å². The fraction of sp³-hybridized carbons (Fsp3) is 0.333. The van der Waals surface area contributed by atoms with E-state index in [-0.39, 0.29) is 33.6 Å². The minimum atomic E-state index is -3.84. The first-order valence-electron chi connectivity index (χ1n) is 4.79. The second-order valence-corrected chi connectivity index (χ2v) is 5.95. The van der Waals surface area contributed by atoms with Crippen molar-refractivity contribution in [2.75, 3.05) is 12.4 Å². The van der Waals surface area contributed by atoms with Gasteiger partial charge in [0.15, 0.2) is 0 Å². The molecule has 1 N–H and O–H groups in total. The molecule has 0 saturated heterocycles. The van der Waals surface area contributed by atoms with E-state index in [4.69, 9.17) is 23.2 Å². The van der Waals surface area contributed by atoms with E-state index in [9.17, 15) is 18.5 Å². The van der Waals surface area contributed by atoms with Crippen LogP contribution in [-0.2, 0) is 10.0 Å². The molecule has 9 heteroatoms. The molecule has 0 aliphatic carbocycles. The number of rotatable bonds is 5. The van der Waals surface area contributed by atoms with Gasteiger partial charge in [0.25, 0.3) is 5.69 Å². The molecule has 1 aromatic rings. The second kappa shape index (κ2) is 5.83. The molecule has 0 unspecified atom stereocenters. The number of nitro benzene ring substituents is 1. The molecule has 0 amide bonds. The number of benzene rings is 1. The Kier molecular flexibility index (Phi) is 4.92. The zero-order valence-electron chi connectivity index (χ0n) is 9.31. The fourth-order valence-corrected chi connectivity index (χ4v) is 2.80. The van der Waals surface area contributed by atoms with Crippen LogP contribution in [0.1, 0.15) is 5.56 Å². The Morgan fingerprint density at radius 1 is 1.44 bits per heavy atom. The molecule has 0 radical (unpaired) electrons. The number of hydrogen-bond donors (Lipinski definition) is 1. The number of hydrogen-bond acceptors (Lipinski definition) is 4. The normalized spacial score (nSPS) is 11.5. The summed E-state index contributed by atoms with van der Waals surface area (Å²) in [5.74, 6) is 0.0981. The minimum Gasteiger partial charge on any atom is -0.258 e. The number of nitro groups is 1. The number of alkyl halides is 1. The van der Waals surface area contributed by atoms with Crippen molar-refractivity contribution in [2.24, 2.45) is 0 Å². The minimum absolute atomic E-state index is 0.0236. The Bertz CT molecular complexity index is 574. The molecule has 0 aromatic heterocycles. The lowest BCUT2D eigenvalue weighted by Gasteiger charge is -2.07. The third kappa shape index (κ3) is 3.32. The van der Waals surface area contributed by atoms with Gasteiger partial charge in [-0.2, -0.15) is 0 Å². The maximum absolute atomic E-state index is 11.8. The smallest absolute Gasteiger partial charge is 0.258 e. The lowest BCUT2D eigenvalue weighted by molar-refractivity contribution is -0.385. The molecular weight excluding hydrogens is 303 g/mol. The Balaban J connectivity index is 3.31. The Morgan fingerprint density at radius 2 is 2.06 bits per heavy atom. The van der Waals surface area contributed by atoms with Crippen LogP contribution < -0.4 is 4.72 Å². The molecular formula is C9H10Cl2N2O4S. The molecule has 0 spiro atoms. The summed E-state index contributed by atoms with van der Waals surface area (Å²) in [5.41, 5.74) is -0.119. The van der Waals surface area contributed by atoms with E-state index in [0.717, 1.165) is 6.07 Å². The summed E-state index contributed by atoms with van der Waals surface area (Å²) in [6.07, 6.45) is 0. The number of halogens is 2. The molecule has 0 atom stereocenters. The van der Waals surface area contributed by atoms with Crippen LogP contribution in [0.3, 0.4) is 0 Å². The third-order valence-electron chi connectivity index (χ3n) is 2.18. The van der Waals surface area contributed by atoms with E-state index in [0.29, 0.717) is 0 Å². The molecule has 6 nitrogen and oxygen atoms in total. The number of nitrogens with one attached hydrogen (secondary N) is 1. The van der Waals surface area contributed by atoms with Gasteiger partial charge in [-0.1, -0.05) is 11.6 Å². The van der Waals surface area contributed by atoms with E-state index in [1.54, 1.807) is 0 Å². The summed E-state index contributed by atoms with van der Waals surface area (Å²) in [5, 5.41) is 10.8. The van der Waals surface area contributed by atoms with Gasteiger partial charge < -0.3 is 0 Å². The molecule has 0 bridgehead atoms. The van der Waals surface area contributed by atoms with Gasteiger partial charge in [0.05, 0.1) is 14.8 Å². The van der Waals surface area contributed by atoms with Gasteiger partial charge in [0, 0.05) is 24.1 Å². The average Bonchev–Trinajstić information content (AvgIpc) is 2.29. The predicted octanol–water partition coefficient (Wildman–Crippen LogP) is 2.07. The number of sulfonamides is 1. The van der Waals surface area contributed by atoms with E-state index in [2.05, 4.69) is 4.72 Å². The van der Waals surface area contributed by atoms with Crippen LogP contribution in [-0.4, -0.2) is 25.8 Å². The van der Waals surface area contributed by atoms with Crippen LogP contribution >= 0.6 is 23.2 Å². The quantitative estimate of drug-likeness (QED) is 0.512. The molecule has 1 aromatic carbocycles. The monoisotopic (exact) mass is 312 g/mol. The van der Waals surface area contributed by atoms with E-state index >= 15 is 0 Å². The molecule has 0 heterocycles. The van der Waals surface area contributed by atoms with Crippen molar-refractivity contribution in [1.82, 2.24) is 4.72 Å². The Labute approximate surface area is 114 Å². The zero-order chi connectivity index (χ0) is 13.9. The van der Waals surface area contributed by atoms with Crippen molar-refractivity contribution in [3.05, 3.63) is 32.8 Å². The first-order chi connectivity index (χ1) is 8.29. The van der Waals surface area contributed by atoms with Gasteiger partial charge in [-0.05, 0) is 13.0 Å². The Morgan fingerprint density at radius 3 is 2.56 bits per heavy atom. The van der Waals surface area contributed by atoms with Crippen molar-refractivity contribution < 1.29 is 13.3 Å². The highest BCUT2D eigenvalue weighted by Crippen LogP contribution is 2.29. The summed E-state index contributed by atoms with van der Waals surface area (Å²) in [4.78, 5) is 9.84. The van der Waals surface area contributed by atoms with Crippen LogP contribution in [0.15, 0.2) is 17.0 Å². The average molecular weight is 313 g/mol. The van der Waals surface area contributed by atoms with E-state index in [1.807, 2.05) is 0 Å². The van der Waals surface area contributed by atoms with Gasteiger partial charge in [0.2, 0.25) is 10.0 Å². The van der Waals surface area contributed by atoms with E-state index < -0.39 is 14.9 Å². The SMILES string of the molecule is Cc1c(Cl)cc(S(=O)(=O)NCCCl)cc1[N+](=O)[O-]. The van der Waals surface area contributed by atoms with E-state index in [1.165, 1.54) is 13.0 Å². The molecule has 1 rings (SSSR count). The molecule has 100 valence electrons. The summed E-state index contributed by atoms with van der Waals surface area (Å²) in [7, 11) is -3.84. The van der Waals surface area contributed by atoms with Crippen molar-refractivity contribution in [3.63, 3.8) is 0 Å². The highest BCUT2D eigenvalue weighted by molar-refractivity contribution is 7.89. The number of nitrogens with zero attached hydrogens (tertiary/aromatic N) is 1. The van der Waals surface area contributed by atoms with Crippen molar-refractivity contribution in [3.8, 4) is 0 Å². The summed E-state index contributed by atoms with van der Waals surface area (Å²) < 4.78 is 25.8. The lowest BCUT2D eigenvalue weighted by Crippen LogP contribution is -2.25. The molecule has 0 fully saturated rings. The van der Waals surface area contributed by atoms with Gasteiger partial charge in [-0.3, -0.25) is 10.1 Å². The predicted molar refractivity (Wildman–Crippen MR) is 68.8 cm³/mol. The summed E-state index contributed by atoms with van der Waals surface area (Å²) in [6, 6.07) is 2.14. The van der Waals surface area contributed by atoms with Crippen LogP contribution in [0.4, 0.5) is 5.69 Å². The maximum Gasteiger partial charge on any atom is 0.275 e. The molecule has 0 aliphatic rings.